The third-order valence-electron chi connectivity index (χ3n) is 3.80. The summed E-state index contributed by atoms with van der Waals surface area (Å²) in [6.07, 6.45) is 6.37. The lowest BCUT2D eigenvalue weighted by Gasteiger charge is -2.26. The van der Waals surface area contributed by atoms with Crippen LogP contribution in [0.3, 0.4) is 0 Å². The molecule has 1 aliphatic carbocycles. The molecule has 0 saturated heterocycles. The summed E-state index contributed by atoms with van der Waals surface area (Å²) in [7, 11) is 0. The molecule has 0 aliphatic heterocycles. The standard InChI is InChI=1S/C15H21BrO/c1-2-13-6-5-7-14(10-13)17-12-15(11-16)8-3-4-9-15/h5-7,10H,2-4,8-9,11-12H2,1H3. The maximum absolute atomic E-state index is 6.00. The summed E-state index contributed by atoms with van der Waals surface area (Å²) < 4.78 is 6.00. The van der Waals surface area contributed by atoms with E-state index >= 15 is 0 Å². The molecule has 1 nitrogen and oxygen atoms in total. The van der Waals surface area contributed by atoms with Gasteiger partial charge in [-0.15, -0.1) is 0 Å². The summed E-state index contributed by atoms with van der Waals surface area (Å²) in [6.45, 7) is 3.03. The van der Waals surface area contributed by atoms with Gasteiger partial charge in [0.15, 0.2) is 0 Å². The van der Waals surface area contributed by atoms with Gasteiger partial charge in [-0.2, -0.15) is 0 Å². The largest absolute Gasteiger partial charge is 0.493 e. The third kappa shape index (κ3) is 3.25. The fraction of sp³-hybridized carbons (Fsp3) is 0.600. The second-order valence-electron chi connectivity index (χ2n) is 5.13. The summed E-state index contributed by atoms with van der Waals surface area (Å²) >= 11 is 3.66. The lowest BCUT2D eigenvalue weighted by atomic mass is 9.90. The van der Waals surface area contributed by atoms with Crippen LogP contribution in [0.2, 0.25) is 0 Å². The molecule has 94 valence electrons. The van der Waals surface area contributed by atoms with Gasteiger partial charge in [0.2, 0.25) is 0 Å². The maximum Gasteiger partial charge on any atom is 0.119 e. The van der Waals surface area contributed by atoms with E-state index < -0.39 is 0 Å². The fourth-order valence-corrected chi connectivity index (χ4v) is 3.26. The van der Waals surface area contributed by atoms with E-state index in [2.05, 4.69) is 47.1 Å². The second kappa shape index (κ2) is 5.90. The van der Waals surface area contributed by atoms with Gasteiger partial charge in [0.05, 0.1) is 6.61 Å². The van der Waals surface area contributed by atoms with Gasteiger partial charge in [0.25, 0.3) is 0 Å². The highest BCUT2D eigenvalue weighted by Gasteiger charge is 2.33. The molecule has 0 aromatic heterocycles. The average Bonchev–Trinajstić information content (AvgIpc) is 2.86. The Labute approximate surface area is 113 Å². The molecule has 17 heavy (non-hydrogen) atoms. The van der Waals surface area contributed by atoms with Crippen molar-refractivity contribution < 1.29 is 4.74 Å². The van der Waals surface area contributed by atoms with Crippen LogP contribution in [0.25, 0.3) is 0 Å². The summed E-state index contributed by atoms with van der Waals surface area (Å²) in [6, 6.07) is 8.47. The predicted octanol–water partition coefficient (Wildman–Crippen LogP) is 4.58. The van der Waals surface area contributed by atoms with Gasteiger partial charge in [0, 0.05) is 10.7 Å². The lowest BCUT2D eigenvalue weighted by Crippen LogP contribution is -2.27. The van der Waals surface area contributed by atoms with Crippen molar-refractivity contribution >= 4 is 15.9 Å². The first-order chi connectivity index (χ1) is 8.28. The van der Waals surface area contributed by atoms with E-state index in [1.807, 2.05) is 0 Å². The van der Waals surface area contributed by atoms with Crippen LogP contribution in [0.4, 0.5) is 0 Å². The Morgan fingerprint density at radius 2 is 2.06 bits per heavy atom. The summed E-state index contributed by atoms with van der Waals surface area (Å²) in [5.74, 6) is 1.02. The molecule has 2 rings (SSSR count). The molecular weight excluding hydrogens is 276 g/mol. The smallest absolute Gasteiger partial charge is 0.119 e. The van der Waals surface area contributed by atoms with E-state index in [1.165, 1.54) is 31.2 Å². The molecule has 1 aromatic carbocycles. The van der Waals surface area contributed by atoms with Crippen LogP contribution in [-0.4, -0.2) is 11.9 Å². The molecule has 0 spiro atoms. The van der Waals surface area contributed by atoms with Gasteiger partial charge in [-0.05, 0) is 37.0 Å². The molecule has 1 aromatic rings. The molecular formula is C15H21BrO. The number of alkyl halides is 1. The van der Waals surface area contributed by atoms with E-state index in [4.69, 9.17) is 4.74 Å². The fourth-order valence-electron chi connectivity index (χ4n) is 2.53. The van der Waals surface area contributed by atoms with Crippen molar-refractivity contribution in [2.75, 3.05) is 11.9 Å². The minimum absolute atomic E-state index is 0.377. The number of hydrogen-bond donors (Lipinski definition) is 0. The Balaban J connectivity index is 1.96. The quantitative estimate of drug-likeness (QED) is 0.723. The Morgan fingerprint density at radius 3 is 2.71 bits per heavy atom. The average molecular weight is 297 g/mol. The van der Waals surface area contributed by atoms with Crippen LogP contribution >= 0.6 is 15.9 Å². The molecule has 0 heterocycles. The zero-order valence-corrected chi connectivity index (χ0v) is 12.1. The van der Waals surface area contributed by atoms with E-state index in [9.17, 15) is 0 Å². The van der Waals surface area contributed by atoms with Crippen molar-refractivity contribution in [3.63, 3.8) is 0 Å². The van der Waals surface area contributed by atoms with Crippen LogP contribution in [0, 0.1) is 5.41 Å². The lowest BCUT2D eigenvalue weighted by molar-refractivity contribution is 0.174. The van der Waals surface area contributed by atoms with Crippen molar-refractivity contribution in [1.29, 1.82) is 0 Å². The normalized spacial score (nSPS) is 18.2. The molecule has 0 N–H and O–H groups in total. The zero-order chi connectivity index (χ0) is 12.1. The van der Waals surface area contributed by atoms with Gasteiger partial charge < -0.3 is 4.74 Å². The Kier molecular flexibility index (Phi) is 4.49. The topological polar surface area (TPSA) is 9.23 Å². The third-order valence-corrected chi connectivity index (χ3v) is 4.99. The first-order valence-electron chi connectivity index (χ1n) is 6.56. The van der Waals surface area contributed by atoms with Crippen LogP contribution < -0.4 is 4.74 Å². The number of rotatable bonds is 5. The van der Waals surface area contributed by atoms with Crippen LogP contribution in [0.15, 0.2) is 24.3 Å². The number of halogens is 1. The van der Waals surface area contributed by atoms with Gasteiger partial charge in [-0.3, -0.25) is 0 Å². The first-order valence-corrected chi connectivity index (χ1v) is 7.68. The Bertz CT molecular complexity index is 356. The van der Waals surface area contributed by atoms with Crippen molar-refractivity contribution in [3.8, 4) is 5.75 Å². The van der Waals surface area contributed by atoms with E-state index in [1.54, 1.807) is 0 Å². The van der Waals surface area contributed by atoms with Crippen LogP contribution in [0.1, 0.15) is 38.2 Å². The maximum atomic E-state index is 6.00. The summed E-state index contributed by atoms with van der Waals surface area (Å²) in [5, 5.41) is 1.06. The first kappa shape index (κ1) is 12.9. The zero-order valence-electron chi connectivity index (χ0n) is 10.5. The van der Waals surface area contributed by atoms with Gasteiger partial charge in [-0.1, -0.05) is 47.8 Å². The van der Waals surface area contributed by atoms with E-state index in [0.717, 1.165) is 24.1 Å². The van der Waals surface area contributed by atoms with Crippen LogP contribution in [0.5, 0.6) is 5.75 Å². The highest BCUT2D eigenvalue weighted by atomic mass is 79.9. The Morgan fingerprint density at radius 1 is 1.29 bits per heavy atom. The highest BCUT2D eigenvalue weighted by molar-refractivity contribution is 9.09. The number of benzene rings is 1. The van der Waals surface area contributed by atoms with Gasteiger partial charge in [-0.25, -0.2) is 0 Å². The highest BCUT2D eigenvalue weighted by Crippen LogP contribution is 2.40. The molecule has 0 amide bonds. The minimum atomic E-state index is 0.377. The van der Waals surface area contributed by atoms with Crippen molar-refractivity contribution in [3.05, 3.63) is 29.8 Å². The van der Waals surface area contributed by atoms with Crippen molar-refractivity contribution in [1.82, 2.24) is 0 Å². The Hall–Kier alpha value is -0.500. The van der Waals surface area contributed by atoms with Gasteiger partial charge in [0.1, 0.15) is 5.75 Å². The summed E-state index contributed by atoms with van der Waals surface area (Å²) in [5.41, 5.74) is 1.73. The number of aryl methyl sites for hydroxylation is 1. The van der Waals surface area contributed by atoms with Crippen molar-refractivity contribution in [2.45, 2.75) is 39.0 Å². The molecule has 1 aliphatic rings. The SMILES string of the molecule is CCc1cccc(OCC2(CBr)CCCC2)c1. The molecule has 0 unspecified atom stereocenters. The van der Waals surface area contributed by atoms with Crippen molar-refractivity contribution in [2.24, 2.45) is 5.41 Å². The monoisotopic (exact) mass is 296 g/mol. The number of ether oxygens (including phenoxy) is 1. The van der Waals surface area contributed by atoms with Crippen LogP contribution in [-0.2, 0) is 6.42 Å². The number of hydrogen-bond acceptors (Lipinski definition) is 1. The predicted molar refractivity (Wildman–Crippen MR) is 76.0 cm³/mol. The molecule has 0 radical (unpaired) electrons. The molecule has 0 atom stereocenters. The van der Waals surface area contributed by atoms with E-state index in [-0.39, 0.29) is 0 Å². The molecule has 1 fully saturated rings. The molecule has 1 saturated carbocycles. The summed E-state index contributed by atoms with van der Waals surface area (Å²) in [4.78, 5) is 0. The molecule has 0 bridgehead atoms. The minimum Gasteiger partial charge on any atom is -0.493 e. The second-order valence-corrected chi connectivity index (χ2v) is 5.69. The van der Waals surface area contributed by atoms with Gasteiger partial charge >= 0.3 is 0 Å². The molecule has 2 heteroatoms. The van der Waals surface area contributed by atoms with E-state index in [0.29, 0.717) is 5.41 Å².